The average Bonchev–Trinajstić information content (AvgIpc) is 3.18. The van der Waals surface area contributed by atoms with E-state index in [0.717, 1.165) is 10.4 Å². The lowest BCUT2D eigenvalue weighted by atomic mass is 9.86. The fourth-order valence-electron chi connectivity index (χ4n) is 2.27. The van der Waals surface area contributed by atoms with Crippen molar-refractivity contribution < 1.29 is 19.1 Å². The number of esters is 2. The lowest BCUT2D eigenvalue weighted by molar-refractivity contribution is -0.153. The standard InChI is InChI=1S/C16H18O4S2/c1-3-19-15(17)13(11-7-9-21-10-11)14(16(18)20-4-2)12-6-5-8-22-12/h5-10,13-14H,3-4H2,1-2H3/t13-,14-/m0/s1. The summed E-state index contributed by atoms with van der Waals surface area (Å²) in [7, 11) is 0. The second-order valence-electron chi connectivity index (χ2n) is 4.53. The van der Waals surface area contributed by atoms with E-state index in [4.69, 9.17) is 9.47 Å². The Kier molecular flexibility index (Phi) is 6.15. The zero-order chi connectivity index (χ0) is 15.9. The molecule has 0 unspecified atom stereocenters. The van der Waals surface area contributed by atoms with E-state index in [2.05, 4.69) is 0 Å². The number of carbonyl (C=O) groups excluding carboxylic acids is 2. The summed E-state index contributed by atoms with van der Waals surface area (Å²) in [6, 6.07) is 5.57. The van der Waals surface area contributed by atoms with Crippen molar-refractivity contribution in [3.63, 3.8) is 0 Å². The molecule has 0 amide bonds. The molecule has 4 nitrogen and oxygen atoms in total. The minimum atomic E-state index is -0.677. The van der Waals surface area contributed by atoms with Crippen molar-refractivity contribution in [3.8, 4) is 0 Å². The maximum Gasteiger partial charge on any atom is 0.315 e. The summed E-state index contributed by atoms with van der Waals surface area (Å²) in [6.45, 7) is 4.07. The predicted octanol–water partition coefficient (Wildman–Crippen LogP) is 3.80. The number of rotatable bonds is 7. The van der Waals surface area contributed by atoms with E-state index in [-0.39, 0.29) is 13.2 Å². The predicted molar refractivity (Wildman–Crippen MR) is 87.4 cm³/mol. The topological polar surface area (TPSA) is 52.6 Å². The van der Waals surface area contributed by atoms with Gasteiger partial charge in [-0.25, -0.2) is 0 Å². The van der Waals surface area contributed by atoms with Crippen LogP contribution in [0.3, 0.4) is 0 Å². The molecule has 2 aromatic heterocycles. The van der Waals surface area contributed by atoms with Gasteiger partial charge in [-0.05, 0) is 47.7 Å². The third-order valence-corrected chi connectivity index (χ3v) is 4.82. The second-order valence-corrected chi connectivity index (χ2v) is 6.29. The van der Waals surface area contributed by atoms with Crippen molar-refractivity contribution in [2.24, 2.45) is 0 Å². The summed E-state index contributed by atoms with van der Waals surface area (Å²) in [6.07, 6.45) is 0. The molecule has 0 bridgehead atoms. The van der Waals surface area contributed by atoms with Crippen LogP contribution < -0.4 is 0 Å². The van der Waals surface area contributed by atoms with Crippen LogP contribution in [-0.2, 0) is 19.1 Å². The summed E-state index contributed by atoms with van der Waals surface area (Å²) in [5.74, 6) is -2.14. The molecule has 0 N–H and O–H groups in total. The van der Waals surface area contributed by atoms with Crippen molar-refractivity contribution >= 4 is 34.6 Å². The molecule has 22 heavy (non-hydrogen) atoms. The van der Waals surface area contributed by atoms with Crippen LogP contribution in [0.15, 0.2) is 34.3 Å². The maximum absolute atomic E-state index is 12.5. The maximum atomic E-state index is 12.5. The van der Waals surface area contributed by atoms with Crippen LogP contribution in [0.4, 0.5) is 0 Å². The highest BCUT2D eigenvalue weighted by Crippen LogP contribution is 2.38. The SMILES string of the molecule is CCOC(=O)[C@@H](c1ccsc1)[C@@H](C(=O)OCC)c1cccs1. The Hall–Kier alpha value is -1.66. The number of hydrogen-bond acceptors (Lipinski definition) is 6. The molecule has 0 spiro atoms. The van der Waals surface area contributed by atoms with Crippen LogP contribution in [0.5, 0.6) is 0 Å². The Labute approximate surface area is 137 Å². The molecule has 0 saturated carbocycles. The summed E-state index contributed by atoms with van der Waals surface area (Å²) < 4.78 is 10.4. The van der Waals surface area contributed by atoms with Crippen molar-refractivity contribution in [3.05, 3.63) is 44.8 Å². The Bertz CT molecular complexity index is 535. The van der Waals surface area contributed by atoms with E-state index < -0.39 is 23.8 Å². The lowest BCUT2D eigenvalue weighted by Gasteiger charge is -2.22. The molecule has 2 rings (SSSR count). The molecule has 0 fully saturated rings. The van der Waals surface area contributed by atoms with Gasteiger partial charge in [0.15, 0.2) is 0 Å². The van der Waals surface area contributed by atoms with Gasteiger partial charge in [-0.3, -0.25) is 9.59 Å². The Morgan fingerprint density at radius 1 is 1.05 bits per heavy atom. The van der Waals surface area contributed by atoms with Crippen molar-refractivity contribution in [2.75, 3.05) is 13.2 Å². The average molecular weight is 338 g/mol. The van der Waals surface area contributed by atoms with Gasteiger partial charge in [0.05, 0.1) is 13.2 Å². The number of carbonyl (C=O) groups is 2. The first-order chi connectivity index (χ1) is 10.7. The lowest BCUT2D eigenvalue weighted by Crippen LogP contribution is -2.28. The van der Waals surface area contributed by atoms with Gasteiger partial charge in [-0.15, -0.1) is 11.3 Å². The van der Waals surface area contributed by atoms with E-state index in [1.54, 1.807) is 13.8 Å². The fraction of sp³-hybridized carbons (Fsp3) is 0.375. The molecule has 0 radical (unpaired) electrons. The minimum absolute atomic E-state index is 0.277. The molecule has 6 heteroatoms. The van der Waals surface area contributed by atoms with Crippen molar-refractivity contribution in [1.29, 1.82) is 0 Å². The number of thiophene rings is 2. The van der Waals surface area contributed by atoms with Gasteiger partial charge in [-0.1, -0.05) is 6.07 Å². The van der Waals surface area contributed by atoms with E-state index in [0.29, 0.717) is 0 Å². The summed E-state index contributed by atoms with van der Waals surface area (Å²) in [5.41, 5.74) is 0.787. The molecule has 2 heterocycles. The van der Waals surface area contributed by atoms with Crippen molar-refractivity contribution in [1.82, 2.24) is 0 Å². The molecular weight excluding hydrogens is 320 g/mol. The molecular formula is C16H18O4S2. The highest BCUT2D eigenvalue weighted by atomic mass is 32.1. The van der Waals surface area contributed by atoms with Gasteiger partial charge in [-0.2, -0.15) is 11.3 Å². The summed E-state index contributed by atoms with van der Waals surface area (Å²) in [4.78, 5) is 25.7. The third kappa shape index (κ3) is 3.75. The largest absolute Gasteiger partial charge is 0.465 e. The van der Waals surface area contributed by atoms with Crippen LogP contribution in [-0.4, -0.2) is 25.2 Å². The smallest absolute Gasteiger partial charge is 0.315 e. The Morgan fingerprint density at radius 3 is 2.23 bits per heavy atom. The molecule has 2 atom stereocenters. The van der Waals surface area contributed by atoms with Crippen molar-refractivity contribution in [2.45, 2.75) is 25.7 Å². The zero-order valence-electron chi connectivity index (χ0n) is 12.5. The van der Waals surface area contributed by atoms with Crippen LogP contribution in [0.2, 0.25) is 0 Å². The Balaban J connectivity index is 2.43. The summed E-state index contributed by atoms with van der Waals surface area (Å²) in [5, 5.41) is 5.65. The number of hydrogen-bond donors (Lipinski definition) is 0. The molecule has 2 aromatic rings. The van der Waals surface area contributed by atoms with Crippen LogP contribution in [0.1, 0.15) is 36.1 Å². The van der Waals surface area contributed by atoms with Crippen LogP contribution >= 0.6 is 22.7 Å². The highest BCUT2D eigenvalue weighted by Gasteiger charge is 2.39. The molecule has 118 valence electrons. The van der Waals surface area contributed by atoms with E-state index in [1.807, 2.05) is 34.3 Å². The van der Waals surface area contributed by atoms with E-state index in [9.17, 15) is 9.59 Å². The van der Waals surface area contributed by atoms with Gasteiger partial charge >= 0.3 is 11.9 Å². The van der Waals surface area contributed by atoms with Gasteiger partial charge in [0, 0.05) is 4.88 Å². The second kappa shape index (κ2) is 8.10. The van der Waals surface area contributed by atoms with E-state index in [1.165, 1.54) is 22.7 Å². The van der Waals surface area contributed by atoms with Gasteiger partial charge in [0.25, 0.3) is 0 Å². The molecule has 0 aliphatic rings. The van der Waals surface area contributed by atoms with Gasteiger partial charge < -0.3 is 9.47 Å². The van der Waals surface area contributed by atoms with Crippen LogP contribution in [0, 0.1) is 0 Å². The fourth-order valence-corrected chi connectivity index (χ4v) is 3.81. The zero-order valence-corrected chi connectivity index (χ0v) is 14.1. The summed E-state index contributed by atoms with van der Waals surface area (Å²) >= 11 is 2.93. The first kappa shape index (κ1) is 16.7. The molecule has 0 aliphatic heterocycles. The van der Waals surface area contributed by atoms with Gasteiger partial charge in [0.2, 0.25) is 0 Å². The molecule has 0 aliphatic carbocycles. The highest BCUT2D eigenvalue weighted by molar-refractivity contribution is 7.10. The molecule has 0 saturated heterocycles. The van der Waals surface area contributed by atoms with E-state index >= 15 is 0 Å². The molecule has 0 aromatic carbocycles. The Morgan fingerprint density at radius 2 is 1.73 bits per heavy atom. The van der Waals surface area contributed by atoms with Crippen LogP contribution in [0.25, 0.3) is 0 Å². The normalized spacial score (nSPS) is 13.4. The van der Waals surface area contributed by atoms with Gasteiger partial charge in [0.1, 0.15) is 11.8 Å². The first-order valence-electron chi connectivity index (χ1n) is 7.07. The monoisotopic (exact) mass is 338 g/mol. The first-order valence-corrected chi connectivity index (χ1v) is 8.90. The minimum Gasteiger partial charge on any atom is -0.465 e. The number of ether oxygens (including phenoxy) is 2. The quantitative estimate of drug-likeness (QED) is 0.721. The third-order valence-electron chi connectivity index (χ3n) is 3.17.